The molecule has 0 aliphatic rings. The molecule has 0 fully saturated rings. The Morgan fingerprint density at radius 1 is 1.26 bits per heavy atom. The minimum atomic E-state index is 0.659. The van der Waals surface area contributed by atoms with Gasteiger partial charge < -0.3 is 15.0 Å². The number of benzene rings is 1. The minimum absolute atomic E-state index is 0.659. The van der Waals surface area contributed by atoms with E-state index >= 15 is 0 Å². The zero-order valence-electron chi connectivity index (χ0n) is 14.2. The summed E-state index contributed by atoms with van der Waals surface area (Å²) in [4.78, 5) is 10.8. The van der Waals surface area contributed by atoms with Gasteiger partial charge in [-0.3, -0.25) is 9.98 Å². The number of aliphatic imine (C=N–C) groups is 1. The van der Waals surface area contributed by atoms with Crippen LogP contribution in [0.1, 0.15) is 16.8 Å². The van der Waals surface area contributed by atoms with Crippen molar-refractivity contribution in [1.82, 2.24) is 15.2 Å². The number of rotatable bonds is 5. The molecule has 2 aromatic rings. The van der Waals surface area contributed by atoms with Crippen LogP contribution in [0, 0.1) is 6.92 Å². The Kier molecular flexibility index (Phi) is 5.97. The first kappa shape index (κ1) is 16.8. The Bertz CT molecular complexity index is 652. The van der Waals surface area contributed by atoms with Gasteiger partial charge in [0.05, 0.1) is 19.3 Å². The first-order valence-electron chi connectivity index (χ1n) is 7.59. The molecule has 0 spiro atoms. The predicted octanol–water partition coefficient (Wildman–Crippen LogP) is 2.61. The number of methoxy groups -OCH3 is 1. The largest absolute Gasteiger partial charge is 0.497 e. The molecule has 0 aliphatic carbocycles. The van der Waals surface area contributed by atoms with Crippen molar-refractivity contribution in [2.24, 2.45) is 4.99 Å². The van der Waals surface area contributed by atoms with Crippen LogP contribution in [0.5, 0.6) is 5.75 Å². The second kappa shape index (κ2) is 8.17. The summed E-state index contributed by atoms with van der Waals surface area (Å²) >= 11 is 0. The number of nitrogens with zero attached hydrogens (tertiary/aromatic N) is 3. The molecule has 5 heteroatoms. The lowest BCUT2D eigenvalue weighted by atomic mass is 10.2. The van der Waals surface area contributed by atoms with Crippen molar-refractivity contribution in [2.75, 3.05) is 21.2 Å². The van der Waals surface area contributed by atoms with Gasteiger partial charge in [0.15, 0.2) is 5.96 Å². The van der Waals surface area contributed by atoms with Crippen molar-refractivity contribution >= 4 is 5.96 Å². The highest BCUT2D eigenvalue weighted by Gasteiger charge is 2.08. The summed E-state index contributed by atoms with van der Waals surface area (Å²) in [6.07, 6.45) is 1.81. The van der Waals surface area contributed by atoms with Gasteiger partial charge >= 0.3 is 0 Å². The topological polar surface area (TPSA) is 49.8 Å². The van der Waals surface area contributed by atoms with E-state index in [1.165, 1.54) is 11.1 Å². The van der Waals surface area contributed by atoms with Crippen molar-refractivity contribution in [1.29, 1.82) is 0 Å². The molecule has 0 saturated carbocycles. The molecule has 5 nitrogen and oxygen atoms in total. The Balaban J connectivity index is 1.95. The first-order chi connectivity index (χ1) is 11.1. The summed E-state index contributed by atoms with van der Waals surface area (Å²) in [5.74, 6) is 1.70. The number of nitrogens with one attached hydrogen (secondary N) is 1. The summed E-state index contributed by atoms with van der Waals surface area (Å²) in [5, 5.41) is 3.36. The fraction of sp³-hybridized carbons (Fsp3) is 0.333. The molecular weight excluding hydrogens is 288 g/mol. The highest BCUT2D eigenvalue weighted by Crippen LogP contribution is 2.12. The van der Waals surface area contributed by atoms with E-state index in [0.717, 1.165) is 23.9 Å². The van der Waals surface area contributed by atoms with Crippen LogP contribution in [0.3, 0.4) is 0 Å². The molecular formula is C18H24N4O. The van der Waals surface area contributed by atoms with Crippen molar-refractivity contribution in [3.05, 3.63) is 59.4 Å². The average molecular weight is 312 g/mol. The van der Waals surface area contributed by atoms with E-state index in [9.17, 15) is 0 Å². The van der Waals surface area contributed by atoms with Crippen molar-refractivity contribution in [3.63, 3.8) is 0 Å². The van der Waals surface area contributed by atoms with Crippen LogP contribution in [-0.2, 0) is 13.1 Å². The van der Waals surface area contributed by atoms with Gasteiger partial charge in [0.25, 0.3) is 0 Å². The van der Waals surface area contributed by atoms with Crippen LogP contribution in [-0.4, -0.2) is 37.0 Å². The Labute approximate surface area is 138 Å². The van der Waals surface area contributed by atoms with Gasteiger partial charge in [-0.05, 0) is 36.2 Å². The number of aryl methyl sites for hydroxylation is 1. The Morgan fingerprint density at radius 2 is 2.00 bits per heavy atom. The van der Waals surface area contributed by atoms with Crippen LogP contribution < -0.4 is 10.1 Å². The molecule has 0 amide bonds. The van der Waals surface area contributed by atoms with E-state index in [2.05, 4.69) is 45.3 Å². The molecule has 122 valence electrons. The number of hydrogen-bond acceptors (Lipinski definition) is 3. The van der Waals surface area contributed by atoms with Crippen molar-refractivity contribution in [2.45, 2.75) is 20.0 Å². The van der Waals surface area contributed by atoms with Crippen LogP contribution in [0.25, 0.3) is 0 Å². The van der Waals surface area contributed by atoms with Gasteiger partial charge in [-0.25, -0.2) is 0 Å². The highest BCUT2D eigenvalue weighted by atomic mass is 16.5. The maximum Gasteiger partial charge on any atom is 0.194 e. The third-order valence-electron chi connectivity index (χ3n) is 3.68. The molecule has 0 atom stereocenters. The van der Waals surface area contributed by atoms with Crippen LogP contribution >= 0.6 is 0 Å². The zero-order chi connectivity index (χ0) is 16.7. The third kappa shape index (κ3) is 4.71. The molecule has 23 heavy (non-hydrogen) atoms. The molecule has 1 heterocycles. The van der Waals surface area contributed by atoms with E-state index in [1.807, 2.05) is 31.4 Å². The summed E-state index contributed by atoms with van der Waals surface area (Å²) < 4.78 is 5.18. The standard InChI is InChI=1S/C18H24N4O/c1-14-6-5-11-20-17(14)12-21-18(19-2)22(3)13-15-7-9-16(23-4)10-8-15/h5-11H,12-13H2,1-4H3,(H,19,21). The first-order valence-corrected chi connectivity index (χ1v) is 7.59. The Morgan fingerprint density at radius 3 is 2.61 bits per heavy atom. The average Bonchev–Trinajstić information content (AvgIpc) is 2.57. The van der Waals surface area contributed by atoms with Gasteiger partial charge in [0.1, 0.15) is 5.75 Å². The number of aromatic nitrogens is 1. The molecule has 0 aliphatic heterocycles. The van der Waals surface area contributed by atoms with Crippen LogP contribution in [0.15, 0.2) is 47.6 Å². The SMILES string of the molecule is CN=C(NCc1ncccc1C)N(C)Cc1ccc(OC)cc1. The van der Waals surface area contributed by atoms with Gasteiger partial charge in [-0.2, -0.15) is 0 Å². The maximum absolute atomic E-state index is 5.18. The molecule has 0 saturated heterocycles. The summed E-state index contributed by atoms with van der Waals surface area (Å²) in [5.41, 5.74) is 3.41. The van der Waals surface area contributed by atoms with Crippen molar-refractivity contribution < 1.29 is 4.74 Å². The van der Waals surface area contributed by atoms with E-state index in [0.29, 0.717) is 6.54 Å². The summed E-state index contributed by atoms with van der Waals surface area (Å²) in [6, 6.07) is 12.1. The van der Waals surface area contributed by atoms with Gasteiger partial charge in [-0.1, -0.05) is 18.2 Å². The van der Waals surface area contributed by atoms with E-state index < -0.39 is 0 Å². The monoisotopic (exact) mass is 312 g/mol. The second-order valence-corrected chi connectivity index (χ2v) is 5.37. The number of hydrogen-bond donors (Lipinski definition) is 1. The molecule has 1 aromatic heterocycles. The quantitative estimate of drug-likeness (QED) is 0.681. The van der Waals surface area contributed by atoms with Crippen LogP contribution in [0.4, 0.5) is 0 Å². The minimum Gasteiger partial charge on any atom is -0.497 e. The molecule has 1 N–H and O–H groups in total. The van der Waals surface area contributed by atoms with Gasteiger partial charge in [0.2, 0.25) is 0 Å². The molecule has 0 bridgehead atoms. The third-order valence-corrected chi connectivity index (χ3v) is 3.68. The number of ether oxygens (including phenoxy) is 1. The lowest BCUT2D eigenvalue weighted by molar-refractivity contribution is 0.414. The normalized spacial score (nSPS) is 11.2. The second-order valence-electron chi connectivity index (χ2n) is 5.37. The summed E-state index contributed by atoms with van der Waals surface area (Å²) in [6.45, 7) is 3.49. The fourth-order valence-corrected chi connectivity index (χ4v) is 2.33. The Hall–Kier alpha value is -2.56. The predicted molar refractivity (Wildman–Crippen MR) is 93.6 cm³/mol. The number of guanidine groups is 1. The molecule has 0 unspecified atom stereocenters. The van der Waals surface area contributed by atoms with Gasteiger partial charge in [0, 0.05) is 26.8 Å². The van der Waals surface area contributed by atoms with Crippen LogP contribution in [0.2, 0.25) is 0 Å². The van der Waals surface area contributed by atoms with E-state index in [1.54, 1.807) is 14.2 Å². The zero-order valence-corrected chi connectivity index (χ0v) is 14.2. The van der Waals surface area contributed by atoms with E-state index in [-0.39, 0.29) is 0 Å². The highest BCUT2D eigenvalue weighted by molar-refractivity contribution is 5.79. The maximum atomic E-state index is 5.18. The fourth-order valence-electron chi connectivity index (χ4n) is 2.33. The molecule has 1 aromatic carbocycles. The lowest BCUT2D eigenvalue weighted by Gasteiger charge is -2.22. The van der Waals surface area contributed by atoms with E-state index in [4.69, 9.17) is 4.74 Å². The van der Waals surface area contributed by atoms with Crippen molar-refractivity contribution in [3.8, 4) is 5.75 Å². The summed E-state index contributed by atoms with van der Waals surface area (Å²) in [7, 11) is 5.48. The smallest absolute Gasteiger partial charge is 0.194 e. The lowest BCUT2D eigenvalue weighted by Crippen LogP contribution is -2.38. The number of pyridine rings is 1. The molecule has 2 rings (SSSR count). The van der Waals surface area contributed by atoms with Gasteiger partial charge in [-0.15, -0.1) is 0 Å². The molecule has 0 radical (unpaired) electrons.